The average molecular weight is 263 g/mol. The van der Waals surface area contributed by atoms with Gasteiger partial charge in [-0.25, -0.2) is 0 Å². The van der Waals surface area contributed by atoms with Gasteiger partial charge in [0.25, 0.3) is 0 Å². The number of hydrogen-bond donors (Lipinski definition) is 1. The zero-order valence-electron chi connectivity index (χ0n) is 11.8. The van der Waals surface area contributed by atoms with Gasteiger partial charge in [0.05, 0.1) is 18.3 Å². The Bertz CT molecular complexity index is 505. The molecule has 5 heteroatoms. The standard InChI is InChI=1S/C14H21N3O2/c1-10-13(11(2)16(3)15-10)6-7-14(19)17-8-4-5-12(17)9-18/h6-7,12,18H,4-5,8-9H2,1-3H3/t12-/m1/s1. The van der Waals surface area contributed by atoms with Gasteiger partial charge in [0.15, 0.2) is 0 Å². The summed E-state index contributed by atoms with van der Waals surface area (Å²) in [5.74, 6) is -0.0285. The number of aliphatic hydroxyl groups is 1. The second kappa shape index (κ2) is 5.57. The lowest BCUT2D eigenvalue weighted by Crippen LogP contribution is -2.36. The van der Waals surface area contributed by atoms with E-state index in [4.69, 9.17) is 0 Å². The van der Waals surface area contributed by atoms with Crippen LogP contribution >= 0.6 is 0 Å². The maximum Gasteiger partial charge on any atom is 0.246 e. The Labute approximate surface area is 113 Å². The van der Waals surface area contributed by atoms with E-state index >= 15 is 0 Å². The number of aryl methyl sites for hydroxylation is 2. The number of hydrogen-bond acceptors (Lipinski definition) is 3. The lowest BCUT2D eigenvalue weighted by Gasteiger charge is -2.21. The SMILES string of the molecule is Cc1nn(C)c(C)c1C=CC(=O)N1CCC[C@@H]1CO. The Kier molecular flexibility index (Phi) is 4.04. The first kappa shape index (κ1) is 13.8. The Balaban J connectivity index is 2.12. The molecule has 1 aliphatic rings. The van der Waals surface area contributed by atoms with Gasteiger partial charge in [-0.05, 0) is 32.8 Å². The highest BCUT2D eigenvalue weighted by atomic mass is 16.3. The summed E-state index contributed by atoms with van der Waals surface area (Å²) in [7, 11) is 1.89. The van der Waals surface area contributed by atoms with Crippen LogP contribution < -0.4 is 0 Å². The van der Waals surface area contributed by atoms with Gasteiger partial charge in [-0.2, -0.15) is 5.10 Å². The van der Waals surface area contributed by atoms with Crippen molar-refractivity contribution in [2.75, 3.05) is 13.2 Å². The molecule has 0 radical (unpaired) electrons. The van der Waals surface area contributed by atoms with E-state index in [9.17, 15) is 9.90 Å². The summed E-state index contributed by atoms with van der Waals surface area (Å²) in [4.78, 5) is 13.9. The predicted molar refractivity (Wildman–Crippen MR) is 73.5 cm³/mol. The second-order valence-electron chi connectivity index (χ2n) is 5.05. The molecule has 1 aromatic rings. The molecule has 5 nitrogen and oxygen atoms in total. The van der Waals surface area contributed by atoms with Crippen LogP contribution in [0.5, 0.6) is 0 Å². The maximum absolute atomic E-state index is 12.1. The van der Waals surface area contributed by atoms with Crippen molar-refractivity contribution in [2.24, 2.45) is 7.05 Å². The second-order valence-corrected chi connectivity index (χ2v) is 5.05. The number of aromatic nitrogens is 2. The molecule has 0 aromatic carbocycles. The first-order chi connectivity index (χ1) is 9.04. The smallest absolute Gasteiger partial charge is 0.246 e. The van der Waals surface area contributed by atoms with E-state index in [1.54, 1.807) is 11.0 Å². The highest BCUT2D eigenvalue weighted by Crippen LogP contribution is 2.18. The molecule has 1 N–H and O–H groups in total. The zero-order chi connectivity index (χ0) is 14.0. The van der Waals surface area contributed by atoms with Crippen LogP contribution in [-0.2, 0) is 11.8 Å². The van der Waals surface area contributed by atoms with Crippen molar-refractivity contribution in [3.8, 4) is 0 Å². The third-order valence-electron chi connectivity index (χ3n) is 3.83. The summed E-state index contributed by atoms with van der Waals surface area (Å²) < 4.78 is 1.81. The minimum absolute atomic E-state index is 0.0201. The molecule has 1 aliphatic heterocycles. The van der Waals surface area contributed by atoms with Gasteiger partial charge in [0.1, 0.15) is 0 Å². The van der Waals surface area contributed by atoms with E-state index in [2.05, 4.69) is 5.10 Å². The van der Waals surface area contributed by atoms with Crippen LogP contribution in [0.3, 0.4) is 0 Å². The molecule has 1 atom stereocenters. The molecule has 0 unspecified atom stereocenters. The van der Waals surface area contributed by atoms with Crippen LogP contribution in [-0.4, -0.2) is 44.9 Å². The first-order valence-corrected chi connectivity index (χ1v) is 6.64. The molecule has 2 heterocycles. The van der Waals surface area contributed by atoms with Crippen LogP contribution in [0.15, 0.2) is 6.08 Å². The summed E-state index contributed by atoms with van der Waals surface area (Å²) in [5.41, 5.74) is 2.96. The number of carbonyl (C=O) groups is 1. The molecule has 0 bridgehead atoms. The van der Waals surface area contributed by atoms with E-state index in [0.29, 0.717) is 0 Å². The number of likely N-dealkylation sites (tertiary alicyclic amines) is 1. The van der Waals surface area contributed by atoms with Gasteiger partial charge in [-0.15, -0.1) is 0 Å². The van der Waals surface area contributed by atoms with Crippen molar-refractivity contribution in [1.82, 2.24) is 14.7 Å². The molecule has 1 amide bonds. The summed E-state index contributed by atoms with van der Waals surface area (Å²) in [6, 6.07) is -0.0201. The van der Waals surface area contributed by atoms with E-state index < -0.39 is 0 Å². The van der Waals surface area contributed by atoms with Crippen molar-refractivity contribution in [3.05, 3.63) is 23.0 Å². The molecule has 0 saturated carbocycles. The number of rotatable bonds is 3. The molecule has 1 saturated heterocycles. The fourth-order valence-corrected chi connectivity index (χ4v) is 2.60. The largest absolute Gasteiger partial charge is 0.394 e. The Morgan fingerprint density at radius 3 is 2.84 bits per heavy atom. The highest BCUT2D eigenvalue weighted by molar-refractivity contribution is 5.92. The fourth-order valence-electron chi connectivity index (χ4n) is 2.60. The topological polar surface area (TPSA) is 58.4 Å². The van der Waals surface area contributed by atoms with Crippen molar-refractivity contribution >= 4 is 12.0 Å². The van der Waals surface area contributed by atoms with E-state index in [-0.39, 0.29) is 18.6 Å². The average Bonchev–Trinajstić information content (AvgIpc) is 2.94. The predicted octanol–water partition coefficient (Wildman–Crippen LogP) is 1.03. The Morgan fingerprint density at radius 2 is 2.26 bits per heavy atom. The first-order valence-electron chi connectivity index (χ1n) is 6.64. The third kappa shape index (κ3) is 2.71. The van der Waals surface area contributed by atoms with Crippen molar-refractivity contribution in [2.45, 2.75) is 32.7 Å². The van der Waals surface area contributed by atoms with E-state index in [1.165, 1.54) is 0 Å². The third-order valence-corrected chi connectivity index (χ3v) is 3.83. The van der Waals surface area contributed by atoms with Gasteiger partial charge in [-0.3, -0.25) is 9.48 Å². The highest BCUT2D eigenvalue weighted by Gasteiger charge is 2.26. The summed E-state index contributed by atoms with van der Waals surface area (Å²) >= 11 is 0. The molecule has 0 aliphatic carbocycles. The molecular weight excluding hydrogens is 242 g/mol. The Hall–Kier alpha value is -1.62. The molecule has 104 valence electrons. The minimum Gasteiger partial charge on any atom is -0.394 e. The number of nitrogens with zero attached hydrogens (tertiary/aromatic N) is 3. The van der Waals surface area contributed by atoms with Crippen LogP contribution in [0.1, 0.15) is 29.8 Å². The maximum atomic E-state index is 12.1. The van der Waals surface area contributed by atoms with Gasteiger partial charge in [0, 0.05) is 30.9 Å². The van der Waals surface area contributed by atoms with Crippen LogP contribution in [0.2, 0.25) is 0 Å². The number of amides is 1. The molecule has 1 fully saturated rings. The fraction of sp³-hybridized carbons (Fsp3) is 0.571. The van der Waals surface area contributed by atoms with E-state index in [1.807, 2.05) is 31.7 Å². The summed E-state index contributed by atoms with van der Waals surface area (Å²) in [6.07, 6.45) is 5.27. The molecule has 0 spiro atoms. The monoisotopic (exact) mass is 263 g/mol. The summed E-state index contributed by atoms with van der Waals surface area (Å²) in [5, 5.41) is 13.5. The van der Waals surface area contributed by atoms with Crippen LogP contribution in [0, 0.1) is 13.8 Å². The quantitative estimate of drug-likeness (QED) is 0.829. The Morgan fingerprint density at radius 1 is 1.53 bits per heavy atom. The van der Waals surface area contributed by atoms with Gasteiger partial charge in [0.2, 0.25) is 5.91 Å². The summed E-state index contributed by atoms with van der Waals surface area (Å²) in [6.45, 7) is 4.70. The molecule has 19 heavy (non-hydrogen) atoms. The van der Waals surface area contributed by atoms with Crippen molar-refractivity contribution in [1.29, 1.82) is 0 Å². The van der Waals surface area contributed by atoms with Gasteiger partial charge < -0.3 is 10.0 Å². The number of aliphatic hydroxyl groups excluding tert-OH is 1. The normalized spacial score (nSPS) is 19.6. The van der Waals surface area contributed by atoms with Crippen LogP contribution in [0.25, 0.3) is 6.08 Å². The minimum atomic E-state index is -0.0285. The van der Waals surface area contributed by atoms with Crippen molar-refractivity contribution in [3.63, 3.8) is 0 Å². The molecular formula is C14H21N3O2. The van der Waals surface area contributed by atoms with Gasteiger partial charge >= 0.3 is 0 Å². The van der Waals surface area contributed by atoms with Crippen LogP contribution in [0.4, 0.5) is 0 Å². The molecule has 2 rings (SSSR count). The zero-order valence-corrected chi connectivity index (χ0v) is 11.8. The van der Waals surface area contributed by atoms with Gasteiger partial charge in [-0.1, -0.05) is 0 Å². The number of carbonyl (C=O) groups excluding carboxylic acids is 1. The molecule has 1 aromatic heterocycles. The lowest BCUT2D eigenvalue weighted by atomic mass is 10.2. The van der Waals surface area contributed by atoms with Crippen molar-refractivity contribution < 1.29 is 9.90 Å². The lowest BCUT2D eigenvalue weighted by molar-refractivity contribution is -0.127. The van der Waals surface area contributed by atoms with E-state index in [0.717, 1.165) is 36.3 Å².